The van der Waals surface area contributed by atoms with Crippen molar-refractivity contribution >= 4 is 10.0 Å². The molecular weight excluding hydrogens is 376 g/mol. The Kier molecular flexibility index (Phi) is 4.08. The molecule has 2 unspecified atom stereocenters. The van der Waals surface area contributed by atoms with Gasteiger partial charge in [-0.1, -0.05) is 42.5 Å². The second-order valence-corrected chi connectivity index (χ2v) is 9.03. The minimum Gasteiger partial charge on any atom is -0.360 e. The van der Waals surface area contributed by atoms with E-state index in [1.54, 1.807) is 6.07 Å². The lowest BCUT2D eigenvalue weighted by atomic mass is 10.1. The molecule has 2 aliphatic heterocycles. The third-order valence-electron chi connectivity index (χ3n) is 5.42. The molecule has 2 saturated heterocycles. The zero-order chi connectivity index (χ0) is 19.3. The smallest absolute Gasteiger partial charge is 0.245 e. The molecule has 1 N–H and O–H groups in total. The summed E-state index contributed by atoms with van der Waals surface area (Å²) in [6.07, 6.45) is 1.27. The Hall–Kier alpha value is -2.55. The molecule has 1 aromatic heterocycles. The third kappa shape index (κ3) is 2.76. The van der Waals surface area contributed by atoms with Crippen molar-refractivity contribution < 1.29 is 13.2 Å². The van der Waals surface area contributed by atoms with E-state index >= 15 is 0 Å². The van der Waals surface area contributed by atoms with Gasteiger partial charge >= 0.3 is 0 Å². The van der Waals surface area contributed by atoms with Gasteiger partial charge in [0, 0.05) is 11.1 Å². The molecule has 0 radical (unpaired) electrons. The Labute approximate surface area is 163 Å². The quantitative estimate of drug-likeness (QED) is 0.732. The standard InChI is InChI=1S/C20H20N4O3S/c1-13-7-8-15(20-21-19(22-23-20)14-5-3-2-4-6-14)11-17(13)28(25,26)24-16-9-10-18(24)27-12-16/h2-8,11,16,18H,9-10,12H2,1H3,(H,21,22,23). The van der Waals surface area contributed by atoms with Crippen molar-refractivity contribution in [2.75, 3.05) is 6.61 Å². The van der Waals surface area contributed by atoms with E-state index in [-0.39, 0.29) is 12.3 Å². The van der Waals surface area contributed by atoms with Crippen LogP contribution in [0.3, 0.4) is 0 Å². The molecule has 5 rings (SSSR count). The van der Waals surface area contributed by atoms with Crippen LogP contribution in [0.1, 0.15) is 18.4 Å². The predicted octanol–water partition coefficient (Wildman–Crippen LogP) is 2.96. The number of ether oxygens (including phenoxy) is 1. The van der Waals surface area contributed by atoms with Crippen molar-refractivity contribution in [2.45, 2.75) is 36.9 Å². The van der Waals surface area contributed by atoms with Crippen LogP contribution in [-0.2, 0) is 14.8 Å². The van der Waals surface area contributed by atoms with Crippen LogP contribution in [0.4, 0.5) is 0 Å². The van der Waals surface area contributed by atoms with Gasteiger partial charge in [0.05, 0.1) is 17.5 Å². The number of H-pyrrole nitrogens is 1. The van der Waals surface area contributed by atoms with Crippen molar-refractivity contribution in [1.82, 2.24) is 19.5 Å². The molecule has 28 heavy (non-hydrogen) atoms. The summed E-state index contributed by atoms with van der Waals surface area (Å²) in [4.78, 5) is 3.48. The Bertz CT molecular complexity index is 1110. The van der Waals surface area contributed by atoms with Crippen LogP contribution in [0.15, 0.2) is 53.4 Å². The van der Waals surface area contributed by atoms with Gasteiger partial charge in [-0.25, -0.2) is 8.42 Å². The second-order valence-electron chi connectivity index (χ2n) is 7.22. The van der Waals surface area contributed by atoms with Crippen LogP contribution in [-0.4, -0.2) is 46.8 Å². The average molecular weight is 396 g/mol. The van der Waals surface area contributed by atoms with Gasteiger partial charge in [-0.15, -0.1) is 10.2 Å². The fraction of sp³-hybridized carbons (Fsp3) is 0.300. The summed E-state index contributed by atoms with van der Waals surface area (Å²) < 4.78 is 33.8. The number of rotatable bonds is 4. The average Bonchev–Trinajstić information content (AvgIpc) is 3.45. The lowest BCUT2D eigenvalue weighted by Gasteiger charge is -2.21. The molecule has 144 valence electrons. The number of fused-ring (bicyclic) bond motifs is 2. The van der Waals surface area contributed by atoms with Crippen molar-refractivity contribution in [1.29, 1.82) is 0 Å². The highest BCUT2D eigenvalue weighted by Crippen LogP contribution is 2.38. The number of hydrogen-bond donors (Lipinski definition) is 1. The number of sulfonamides is 1. The normalized spacial score (nSPS) is 22.0. The topological polar surface area (TPSA) is 88.2 Å². The fourth-order valence-corrected chi connectivity index (χ4v) is 5.98. The van der Waals surface area contributed by atoms with Crippen LogP contribution in [0.25, 0.3) is 22.8 Å². The molecule has 8 heteroatoms. The summed E-state index contributed by atoms with van der Waals surface area (Å²) in [5, 5.41) is 8.42. The van der Waals surface area contributed by atoms with Gasteiger partial charge in [-0.05, 0) is 31.4 Å². The zero-order valence-corrected chi connectivity index (χ0v) is 16.2. The molecule has 2 fully saturated rings. The number of hydrogen-bond acceptors (Lipinski definition) is 5. The molecular formula is C20H20N4O3S. The van der Waals surface area contributed by atoms with E-state index in [4.69, 9.17) is 4.74 Å². The van der Waals surface area contributed by atoms with Crippen molar-refractivity contribution in [3.05, 3.63) is 54.1 Å². The molecule has 0 amide bonds. The van der Waals surface area contributed by atoms with Gasteiger partial charge < -0.3 is 9.72 Å². The van der Waals surface area contributed by atoms with E-state index in [0.29, 0.717) is 34.3 Å². The van der Waals surface area contributed by atoms with E-state index in [2.05, 4.69) is 15.2 Å². The van der Waals surface area contributed by atoms with E-state index in [1.807, 2.05) is 49.4 Å². The maximum Gasteiger partial charge on any atom is 0.245 e. The molecule has 0 saturated carbocycles. The van der Waals surface area contributed by atoms with E-state index in [0.717, 1.165) is 18.4 Å². The van der Waals surface area contributed by atoms with E-state index in [1.165, 1.54) is 4.31 Å². The van der Waals surface area contributed by atoms with Gasteiger partial charge in [0.25, 0.3) is 0 Å². The van der Waals surface area contributed by atoms with Gasteiger partial charge in [0.2, 0.25) is 10.0 Å². The first-order valence-corrected chi connectivity index (χ1v) is 10.7. The monoisotopic (exact) mass is 396 g/mol. The predicted molar refractivity (Wildman–Crippen MR) is 104 cm³/mol. The maximum absolute atomic E-state index is 13.3. The first-order valence-electron chi connectivity index (χ1n) is 9.28. The van der Waals surface area contributed by atoms with Crippen LogP contribution in [0.5, 0.6) is 0 Å². The highest BCUT2D eigenvalue weighted by atomic mass is 32.2. The highest BCUT2D eigenvalue weighted by molar-refractivity contribution is 7.89. The molecule has 2 aliphatic rings. The lowest BCUT2D eigenvalue weighted by Crippen LogP contribution is -2.36. The van der Waals surface area contributed by atoms with Gasteiger partial charge in [0.1, 0.15) is 6.23 Å². The minimum atomic E-state index is -3.63. The summed E-state index contributed by atoms with van der Waals surface area (Å²) in [6, 6.07) is 15.0. The molecule has 2 aromatic carbocycles. The van der Waals surface area contributed by atoms with Crippen molar-refractivity contribution in [3.8, 4) is 22.8 Å². The van der Waals surface area contributed by atoms with Gasteiger partial charge in [0.15, 0.2) is 11.6 Å². The Morgan fingerprint density at radius 1 is 1.04 bits per heavy atom. The molecule has 2 atom stereocenters. The molecule has 0 aliphatic carbocycles. The first kappa shape index (κ1) is 17.5. The van der Waals surface area contributed by atoms with Gasteiger partial charge in [-0.3, -0.25) is 0 Å². The van der Waals surface area contributed by atoms with Gasteiger partial charge in [-0.2, -0.15) is 4.31 Å². The highest BCUT2D eigenvalue weighted by Gasteiger charge is 2.48. The summed E-state index contributed by atoms with van der Waals surface area (Å²) in [6.45, 7) is 2.29. The Morgan fingerprint density at radius 2 is 1.79 bits per heavy atom. The Balaban J connectivity index is 1.53. The van der Waals surface area contributed by atoms with Crippen molar-refractivity contribution in [2.24, 2.45) is 0 Å². The third-order valence-corrected chi connectivity index (χ3v) is 7.51. The van der Waals surface area contributed by atoms with Crippen LogP contribution < -0.4 is 0 Å². The fourth-order valence-electron chi connectivity index (χ4n) is 3.97. The molecule has 0 spiro atoms. The molecule has 7 nitrogen and oxygen atoms in total. The number of benzene rings is 2. The lowest BCUT2D eigenvalue weighted by molar-refractivity contribution is 0.0613. The molecule has 3 heterocycles. The number of aromatic amines is 1. The Morgan fingerprint density at radius 3 is 2.43 bits per heavy atom. The van der Waals surface area contributed by atoms with E-state index in [9.17, 15) is 8.42 Å². The zero-order valence-electron chi connectivity index (χ0n) is 15.4. The minimum absolute atomic E-state index is 0.0620. The van der Waals surface area contributed by atoms with Crippen LogP contribution >= 0.6 is 0 Å². The number of nitrogens with zero attached hydrogens (tertiary/aromatic N) is 3. The van der Waals surface area contributed by atoms with E-state index < -0.39 is 10.0 Å². The maximum atomic E-state index is 13.3. The van der Waals surface area contributed by atoms with Crippen molar-refractivity contribution in [3.63, 3.8) is 0 Å². The SMILES string of the molecule is Cc1ccc(-c2nnc(-c3ccccc3)[nH]2)cc1S(=O)(=O)N1C2CCC1OC2. The summed E-state index contributed by atoms with van der Waals surface area (Å²) in [7, 11) is -3.63. The first-order chi connectivity index (χ1) is 13.5. The summed E-state index contributed by atoms with van der Waals surface area (Å²) in [5.74, 6) is 1.18. The van der Waals surface area contributed by atoms with Crippen LogP contribution in [0, 0.1) is 6.92 Å². The summed E-state index contributed by atoms with van der Waals surface area (Å²) >= 11 is 0. The number of nitrogens with one attached hydrogen (secondary N) is 1. The largest absolute Gasteiger partial charge is 0.360 e. The number of aryl methyl sites for hydroxylation is 1. The second kappa shape index (κ2) is 6.51. The molecule has 2 bridgehead atoms. The molecule has 3 aromatic rings. The summed E-state index contributed by atoms with van der Waals surface area (Å²) in [5.41, 5.74) is 2.32. The number of aromatic nitrogens is 3. The van der Waals surface area contributed by atoms with Crippen LogP contribution in [0.2, 0.25) is 0 Å².